The maximum atomic E-state index is 10.5. The van der Waals surface area contributed by atoms with Crippen LogP contribution in [0.5, 0.6) is 0 Å². The van der Waals surface area contributed by atoms with Crippen LogP contribution in [0.4, 0.5) is 0 Å². The van der Waals surface area contributed by atoms with Crippen molar-refractivity contribution in [3.05, 3.63) is 35.5 Å². The highest BCUT2D eigenvalue weighted by molar-refractivity contribution is 5.38. The van der Waals surface area contributed by atoms with Gasteiger partial charge in [0.1, 0.15) is 0 Å². The van der Waals surface area contributed by atoms with Crippen LogP contribution in [0.2, 0.25) is 0 Å². The minimum atomic E-state index is -0.625. The Labute approximate surface area is 214 Å². The molecule has 0 radical (unpaired) electrons. The maximum Gasteiger partial charge on any atom is 0.0811 e. The van der Waals surface area contributed by atoms with E-state index in [0.29, 0.717) is 36.0 Å². The zero-order valence-corrected chi connectivity index (χ0v) is 22.8. The summed E-state index contributed by atoms with van der Waals surface area (Å²) in [4.78, 5) is 0. The van der Waals surface area contributed by atoms with Crippen LogP contribution in [0.1, 0.15) is 111 Å². The van der Waals surface area contributed by atoms with Gasteiger partial charge in [-0.1, -0.05) is 57.9 Å². The number of hydrogen-bond acceptors (Lipinski definition) is 3. The minimum Gasteiger partial charge on any atom is -0.393 e. The molecule has 3 nitrogen and oxygen atoms in total. The van der Waals surface area contributed by atoms with Crippen molar-refractivity contribution >= 4 is 0 Å². The number of rotatable bonds is 8. The summed E-state index contributed by atoms with van der Waals surface area (Å²) in [6.45, 7) is 13.0. The summed E-state index contributed by atoms with van der Waals surface area (Å²) in [5.74, 6) is 8.74. The van der Waals surface area contributed by atoms with Crippen molar-refractivity contribution in [2.24, 2.45) is 23.2 Å². The molecule has 3 N–H and O–H groups in total. The van der Waals surface area contributed by atoms with Gasteiger partial charge in [0.05, 0.1) is 17.8 Å². The number of aliphatic hydroxyl groups is 3. The number of allylic oxidation sites excluding steroid dienone is 3. The lowest BCUT2D eigenvalue weighted by atomic mass is 9.61. The number of hydrogen-bond donors (Lipinski definition) is 3. The predicted molar refractivity (Wildman–Crippen MR) is 146 cm³/mol. The van der Waals surface area contributed by atoms with Gasteiger partial charge in [0, 0.05) is 18.8 Å². The lowest BCUT2D eigenvalue weighted by Gasteiger charge is -2.43. The van der Waals surface area contributed by atoms with Crippen molar-refractivity contribution in [1.82, 2.24) is 0 Å². The number of fused-ring (bicyclic) bond motifs is 1. The largest absolute Gasteiger partial charge is 0.393 e. The summed E-state index contributed by atoms with van der Waals surface area (Å²) >= 11 is 0. The van der Waals surface area contributed by atoms with Crippen LogP contribution >= 0.6 is 0 Å². The highest BCUT2D eigenvalue weighted by Gasteiger charge is 2.50. The molecule has 196 valence electrons. The van der Waals surface area contributed by atoms with Crippen molar-refractivity contribution in [3.63, 3.8) is 0 Å². The molecule has 3 heteroatoms. The summed E-state index contributed by atoms with van der Waals surface area (Å²) in [6, 6.07) is 0. The SMILES string of the molecule is C=C1/C(=C/C=C2\CCC[C@]3(C)[C@@H]([C@@H](C)C#CCCCCC(O)(CC)CC)CC[C@@H]23)C[C@@H](O)C[C@@H]1O. The second kappa shape index (κ2) is 12.3. The fourth-order valence-corrected chi connectivity index (χ4v) is 7.17. The van der Waals surface area contributed by atoms with E-state index >= 15 is 0 Å². The molecule has 0 heterocycles. The van der Waals surface area contributed by atoms with E-state index in [1.54, 1.807) is 0 Å². The van der Waals surface area contributed by atoms with E-state index in [-0.39, 0.29) is 0 Å². The third-order valence-electron chi connectivity index (χ3n) is 9.75. The van der Waals surface area contributed by atoms with Crippen molar-refractivity contribution < 1.29 is 15.3 Å². The minimum absolute atomic E-state index is 0.304. The van der Waals surface area contributed by atoms with Crippen LogP contribution in [0.25, 0.3) is 0 Å². The van der Waals surface area contributed by atoms with Gasteiger partial charge in [-0.25, -0.2) is 0 Å². The first kappa shape index (κ1) is 28.2. The van der Waals surface area contributed by atoms with Crippen molar-refractivity contribution in [1.29, 1.82) is 0 Å². The molecule has 3 saturated carbocycles. The highest BCUT2D eigenvalue weighted by Crippen LogP contribution is 2.59. The Morgan fingerprint density at radius 1 is 1.17 bits per heavy atom. The summed E-state index contributed by atoms with van der Waals surface area (Å²) < 4.78 is 0. The fraction of sp³-hybridized carbons (Fsp3) is 0.750. The molecule has 0 aromatic rings. The Bertz CT molecular complexity index is 852. The molecule has 0 aliphatic heterocycles. The first-order valence-electron chi connectivity index (χ1n) is 14.3. The molecule has 6 atom stereocenters. The topological polar surface area (TPSA) is 60.7 Å². The van der Waals surface area contributed by atoms with Crippen molar-refractivity contribution in [3.8, 4) is 11.8 Å². The van der Waals surface area contributed by atoms with Gasteiger partial charge in [-0.2, -0.15) is 0 Å². The molecule has 3 aliphatic rings. The van der Waals surface area contributed by atoms with E-state index in [2.05, 4.69) is 58.3 Å². The molecule has 0 bridgehead atoms. The van der Waals surface area contributed by atoms with E-state index in [0.717, 1.165) is 56.1 Å². The van der Waals surface area contributed by atoms with Crippen LogP contribution in [0, 0.1) is 35.0 Å². The van der Waals surface area contributed by atoms with Crippen LogP contribution < -0.4 is 0 Å². The second-order valence-corrected chi connectivity index (χ2v) is 11.9. The quantitative estimate of drug-likeness (QED) is 0.261. The van der Waals surface area contributed by atoms with E-state index in [9.17, 15) is 15.3 Å². The molecule has 35 heavy (non-hydrogen) atoms. The Hall–Kier alpha value is -1.34. The number of unbranched alkanes of at least 4 members (excludes halogenated alkanes) is 2. The maximum absolute atomic E-state index is 10.5. The van der Waals surface area contributed by atoms with E-state index in [1.165, 1.54) is 31.3 Å². The Morgan fingerprint density at radius 3 is 2.63 bits per heavy atom. The van der Waals surface area contributed by atoms with Crippen LogP contribution in [-0.2, 0) is 0 Å². The molecular weight excluding hydrogens is 432 g/mol. The van der Waals surface area contributed by atoms with Crippen LogP contribution in [0.15, 0.2) is 35.5 Å². The lowest BCUT2D eigenvalue weighted by Crippen LogP contribution is -2.35. The molecule has 3 rings (SSSR count). The predicted octanol–water partition coefficient (Wildman–Crippen LogP) is 6.88. The Balaban J connectivity index is 1.60. The average Bonchev–Trinajstić information content (AvgIpc) is 3.19. The number of aliphatic hydroxyl groups excluding tert-OH is 2. The second-order valence-electron chi connectivity index (χ2n) is 11.9. The van der Waals surface area contributed by atoms with Gasteiger partial charge in [0.25, 0.3) is 0 Å². The van der Waals surface area contributed by atoms with E-state index in [4.69, 9.17) is 0 Å². The molecule has 3 fully saturated rings. The van der Waals surface area contributed by atoms with E-state index < -0.39 is 17.8 Å². The molecule has 0 saturated heterocycles. The molecule has 3 aliphatic carbocycles. The fourth-order valence-electron chi connectivity index (χ4n) is 7.17. The van der Waals surface area contributed by atoms with Gasteiger partial charge in [0.2, 0.25) is 0 Å². The van der Waals surface area contributed by atoms with Crippen molar-refractivity contribution in [2.45, 2.75) is 129 Å². The smallest absolute Gasteiger partial charge is 0.0811 e. The Kier molecular flexibility index (Phi) is 9.90. The van der Waals surface area contributed by atoms with Gasteiger partial charge < -0.3 is 15.3 Å². The first-order valence-corrected chi connectivity index (χ1v) is 14.3. The molecule has 0 amide bonds. The first-order chi connectivity index (χ1) is 16.6. The molecule has 0 spiro atoms. The molecular formula is C32H50O3. The van der Waals surface area contributed by atoms with Gasteiger partial charge in [-0.05, 0) is 99.0 Å². The van der Waals surface area contributed by atoms with Crippen LogP contribution in [0.3, 0.4) is 0 Å². The van der Waals surface area contributed by atoms with Gasteiger partial charge >= 0.3 is 0 Å². The van der Waals surface area contributed by atoms with E-state index in [1.807, 2.05) is 0 Å². The normalized spacial score (nSPS) is 34.5. The summed E-state index contributed by atoms with van der Waals surface area (Å²) in [7, 11) is 0. The zero-order valence-electron chi connectivity index (χ0n) is 22.8. The molecule has 0 aromatic heterocycles. The third-order valence-corrected chi connectivity index (χ3v) is 9.75. The summed E-state index contributed by atoms with van der Waals surface area (Å²) in [5, 5.41) is 30.7. The lowest BCUT2D eigenvalue weighted by molar-refractivity contribution is 0.0213. The van der Waals surface area contributed by atoms with Gasteiger partial charge in [-0.3, -0.25) is 0 Å². The average molecular weight is 483 g/mol. The van der Waals surface area contributed by atoms with Gasteiger partial charge in [-0.15, -0.1) is 5.92 Å². The summed E-state index contributed by atoms with van der Waals surface area (Å²) in [6.07, 6.45) is 16.0. The zero-order chi connectivity index (χ0) is 25.6. The van der Waals surface area contributed by atoms with Gasteiger partial charge in [0.15, 0.2) is 0 Å². The Morgan fingerprint density at radius 2 is 1.91 bits per heavy atom. The molecule has 0 aromatic carbocycles. The molecule has 0 unspecified atom stereocenters. The third kappa shape index (κ3) is 6.71. The van der Waals surface area contributed by atoms with Crippen LogP contribution in [-0.4, -0.2) is 33.1 Å². The monoisotopic (exact) mass is 482 g/mol. The standard InChI is InChI=1S/C32H50O3/c1-6-32(35,7-2)20-11-9-8-10-13-23(3)28-17-18-29-25(14-12-19-31(28,29)5)15-16-26-21-27(33)22-30(34)24(26)4/h15-16,23,27-30,33-35H,4,6-9,11-12,14,17-22H2,1-3,5H3/b25-15+,26-16+/t23-,27+,28+,29-,30-,31+/m0/s1. The summed E-state index contributed by atoms with van der Waals surface area (Å²) in [5.41, 5.74) is 3.13. The van der Waals surface area contributed by atoms with Crippen molar-refractivity contribution in [2.75, 3.05) is 0 Å². The highest BCUT2D eigenvalue weighted by atomic mass is 16.3.